The Balaban J connectivity index is 1.48. The number of aliphatic imine (C=N–C) groups is 1. The van der Waals surface area contributed by atoms with Crippen molar-refractivity contribution < 1.29 is 13.2 Å². The van der Waals surface area contributed by atoms with E-state index in [0.29, 0.717) is 10.9 Å². The molecule has 2 aromatic carbocycles. The van der Waals surface area contributed by atoms with Crippen LogP contribution in [0.4, 0.5) is 5.69 Å². The molecule has 0 aliphatic carbocycles. The predicted octanol–water partition coefficient (Wildman–Crippen LogP) is 3.22. The fourth-order valence-electron chi connectivity index (χ4n) is 3.42. The quantitative estimate of drug-likeness (QED) is 0.723. The van der Waals surface area contributed by atoms with Crippen LogP contribution in [0.25, 0.3) is 0 Å². The summed E-state index contributed by atoms with van der Waals surface area (Å²) in [6.45, 7) is 0. The standard InChI is InChI=1S/C20H20N2O3S3/c23-19(12-26-11-15-7-3-1-4-8-15)21-20-22(16-9-5-2-6-10-16)17-13-28(24,25)14-18(17)27-20/h1-10,17-18H,11-14H2/t17-,18-/m1/s1. The average molecular weight is 433 g/mol. The van der Waals surface area contributed by atoms with Crippen LogP contribution in [-0.2, 0) is 20.4 Å². The number of carbonyl (C=O) groups excluding carboxylic acids is 1. The highest BCUT2D eigenvalue weighted by Gasteiger charge is 2.49. The largest absolute Gasteiger partial charge is 0.316 e. The third-order valence-electron chi connectivity index (χ3n) is 4.66. The summed E-state index contributed by atoms with van der Waals surface area (Å²) in [6.07, 6.45) is 0. The number of fused-ring (bicyclic) bond motifs is 1. The van der Waals surface area contributed by atoms with Crippen molar-refractivity contribution in [2.45, 2.75) is 17.0 Å². The van der Waals surface area contributed by atoms with Crippen molar-refractivity contribution in [3.8, 4) is 0 Å². The Morgan fingerprint density at radius 3 is 2.46 bits per heavy atom. The van der Waals surface area contributed by atoms with E-state index in [4.69, 9.17) is 0 Å². The van der Waals surface area contributed by atoms with Crippen LogP contribution in [0.5, 0.6) is 0 Å². The van der Waals surface area contributed by atoms with Crippen LogP contribution < -0.4 is 4.90 Å². The summed E-state index contributed by atoms with van der Waals surface area (Å²) in [5.41, 5.74) is 2.05. The highest BCUT2D eigenvalue weighted by molar-refractivity contribution is 8.16. The number of hydrogen-bond donors (Lipinski definition) is 0. The molecule has 2 aromatic rings. The maximum absolute atomic E-state index is 12.4. The fraction of sp³-hybridized carbons (Fsp3) is 0.300. The zero-order valence-electron chi connectivity index (χ0n) is 15.1. The van der Waals surface area contributed by atoms with Gasteiger partial charge in [-0.15, -0.1) is 11.8 Å². The van der Waals surface area contributed by atoms with E-state index in [0.717, 1.165) is 11.4 Å². The molecule has 0 aromatic heterocycles. The van der Waals surface area contributed by atoms with Crippen molar-refractivity contribution in [2.75, 3.05) is 22.2 Å². The van der Waals surface area contributed by atoms with Crippen LogP contribution >= 0.6 is 23.5 Å². The molecule has 4 rings (SSSR count). The first kappa shape index (κ1) is 19.5. The number of hydrogen-bond acceptors (Lipinski definition) is 5. The molecule has 2 aliphatic rings. The molecule has 2 heterocycles. The Kier molecular flexibility index (Phi) is 5.80. The third-order valence-corrected chi connectivity index (χ3v) is 8.86. The lowest BCUT2D eigenvalue weighted by Crippen LogP contribution is -2.37. The molecular weight excluding hydrogens is 412 g/mol. The molecule has 2 atom stereocenters. The first-order valence-electron chi connectivity index (χ1n) is 8.96. The number of benzene rings is 2. The van der Waals surface area contributed by atoms with Crippen LogP contribution in [0.1, 0.15) is 5.56 Å². The highest BCUT2D eigenvalue weighted by Crippen LogP contribution is 2.40. The molecule has 2 aliphatic heterocycles. The van der Waals surface area contributed by atoms with Crippen LogP contribution in [0.15, 0.2) is 65.7 Å². The third kappa shape index (κ3) is 4.45. The molecule has 0 saturated carbocycles. The Morgan fingerprint density at radius 1 is 1.07 bits per heavy atom. The molecule has 146 valence electrons. The summed E-state index contributed by atoms with van der Waals surface area (Å²) in [4.78, 5) is 18.7. The predicted molar refractivity (Wildman–Crippen MR) is 118 cm³/mol. The van der Waals surface area contributed by atoms with Gasteiger partial charge in [0.25, 0.3) is 5.91 Å². The zero-order chi connectivity index (χ0) is 19.6. The van der Waals surface area contributed by atoms with E-state index in [1.54, 1.807) is 0 Å². The maximum Gasteiger partial charge on any atom is 0.258 e. The monoisotopic (exact) mass is 432 g/mol. The molecule has 0 N–H and O–H groups in total. The summed E-state index contributed by atoms with van der Waals surface area (Å²) >= 11 is 2.95. The molecular formula is C20H20N2O3S3. The molecule has 0 unspecified atom stereocenters. The van der Waals surface area contributed by atoms with Gasteiger partial charge in [-0.3, -0.25) is 4.79 Å². The van der Waals surface area contributed by atoms with E-state index in [1.807, 2.05) is 65.6 Å². The van der Waals surface area contributed by atoms with Crippen LogP contribution in [0.3, 0.4) is 0 Å². The lowest BCUT2D eigenvalue weighted by molar-refractivity contribution is -0.115. The highest BCUT2D eigenvalue weighted by atomic mass is 32.2. The zero-order valence-corrected chi connectivity index (χ0v) is 17.6. The van der Waals surface area contributed by atoms with Gasteiger partial charge in [-0.1, -0.05) is 60.3 Å². The molecule has 0 radical (unpaired) electrons. The minimum atomic E-state index is -3.05. The first-order valence-corrected chi connectivity index (χ1v) is 12.8. The summed E-state index contributed by atoms with van der Waals surface area (Å²) in [5, 5.41) is 0.537. The topological polar surface area (TPSA) is 66.8 Å². The number of amides is 1. The smallest absolute Gasteiger partial charge is 0.258 e. The van der Waals surface area contributed by atoms with Gasteiger partial charge < -0.3 is 4.90 Å². The Labute approximate surface area is 173 Å². The molecule has 1 amide bonds. The van der Waals surface area contributed by atoms with Crippen LogP contribution in [0.2, 0.25) is 0 Å². The second kappa shape index (κ2) is 8.31. The van der Waals surface area contributed by atoms with E-state index in [1.165, 1.54) is 29.1 Å². The van der Waals surface area contributed by atoms with Crippen LogP contribution in [-0.4, -0.2) is 48.0 Å². The number of amidine groups is 1. The van der Waals surface area contributed by atoms with Crippen molar-refractivity contribution in [1.82, 2.24) is 0 Å². The molecule has 5 nitrogen and oxygen atoms in total. The van der Waals surface area contributed by atoms with Crippen molar-refractivity contribution in [1.29, 1.82) is 0 Å². The average Bonchev–Trinajstić information content (AvgIpc) is 3.14. The molecule has 2 saturated heterocycles. The van der Waals surface area contributed by atoms with E-state index in [9.17, 15) is 13.2 Å². The van der Waals surface area contributed by atoms with E-state index < -0.39 is 9.84 Å². The lowest BCUT2D eigenvalue weighted by atomic mass is 10.2. The summed E-state index contributed by atoms with van der Waals surface area (Å²) in [7, 11) is -3.05. The van der Waals surface area contributed by atoms with Gasteiger partial charge in [0.15, 0.2) is 15.0 Å². The number of para-hydroxylation sites is 1. The first-order chi connectivity index (χ1) is 13.5. The van der Waals surface area contributed by atoms with Gasteiger partial charge >= 0.3 is 0 Å². The summed E-state index contributed by atoms with van der Waals surface area (Å²) < 4.78 is 24.2. The number of anilines is 1. The normalized spacial score (nSPS) is 24.4. The van der Waals surface area contributed by atoms with Crippen molar-refractivity contribution in [2.24, 2.45) is 4.99 Å². The minimum absolute atomic E-state index is 0.0753. The Hall–Kier alpha value is -1.77. The van der Waals surface area contributed by atoms with Gasteiger partial charge in [0.05, 0.1) is 23.3 Å². The van der Waals surface area contributed by atoms with Crippen molar-refractivity contribution in [3.05, 3.63) is 66.2 Å². The summed E-state index contributed by atoms with van der Waals surface area (Å²) in [5.74, 6) is 1.12. The number of rotatable bonds is 5. The van der Waals surface area contributed by atoms with E-state index in [2.05, 4.69) is 4.99 Å². The minimum Gasteiger partial charge on any atom is -0.316 e. The van der Waals surface area contributed by atoms with Crippen molar-refractivity contribution >= 4 is 50.1 Å². The number of nitrogens with zero attached hydrogens (tertiary/aromatic N) is 2. The second-order valence-electron chi connectivity index (χ2n) is 6.77. The number of carbonyl (C=O) groups is 1. The second-order valence-corrected chi connectivity index (χ2v) is 11.1. The Bertz CT molecular complexity index is 978. The molecule has 28 heavy (non-hydrogen) atoms. The van der Waals surface area contributed by atoms with Gasteiger partial charge in [0.1, 0.15) is 0 Å². The van der Waals surface area contributed by atoms with Gasteiger partial charge in [0.2, 0.25) is 0 Å². The molecule has 0 spiro atoms. The van der Waals surface area contributed by atoms with Gasteiger partial charge in [0, 0.05) is 16.7 Å². The SMILES string of the molecule is O=C(CSCc1ccccc1)N=C1S[C@@H]2CS(=O)(=O)C[C@H]2N1c1ccccc1. The van der Waals surface area contributed by atoms with Crippen molar-refractivity contribution in [3.63, 3.8) is 0 Å². The Morgan fingerprint density at radius 2 is 1.75 bits per heavy atom. The number of thioether (sulfide) groups is 2. The fourth-order valence-corrected chi connectivity index (χ4v) is 8.12. The van der Waals surface area contributed by atoms with Gasteiger partial charge in [-0.2, -0.15) is 4.99 Å². The van der Waals surface area contributed by atoms with Crippen LogP contribution in [0, 0.1) is 0 Å². The lowest BCUT2D eigenvalue weighted by Gasteiger charge is -2.24. The molecule has 2 fully saturated rings. The number of sulfone groups is 1. The maximum atomic E-state index is 12.4. The van der Waals surface area contributed by atoms with E-state index in [-0.39, 0.29) is 28.7 Å². The van der Waals surface area contributed by atoms with E-state index >= 15 is 0 Å². The molecule has 0 bridgehead atoms. The van der Waals surface area contributed by atoms with Gasteiger partial charge in [-0.25, -0.2) is 8.42 Å². The molecule has 8 heteroatoms. The summed E-state index contributed by atoms with van der Waals surface area (Å²) in [6, 6.07) is 19.4. The van der Waals surface area contributed by atoms with Gasteiger partial charge in [-0.05, 0) is 17.7 Å².